The molecule has 0 amide bonds. The van der Waals surface area contributed by atoms with Gasteiger partial charge in [-0.3, -0.25) is 4.90 Å². The van der Waals surface area contributed by atoms with Crippen LogP contribution in [0.5, 0.6) is 5.75 Å². The molecule has 1 heterocycles. The number of halogens is 4. The molecular formula is C13H16F4N2O. The van der Waals surface area contributed by atoms with Crippen LogP contribution < -0.4 is 10.1 Å². The van der Waals surface area contributed by atoms with E-state index >= 15 is 0 Å². The summed E-state index contributed by atoms with van der Waals surface area (Å²) in [6.45, 7) is 1.56. The lowest BCUT2D eigenvalue weighted by molar-refractivity contribution is -0.188. The Morgan fingerprint density at radius 2 is 1.90 bits per heavy atom. The van der Waals surface area contributed by atoms with Crippen molar-refractivity contribution in [2.45, 2.75) is 12.2 Å². The smallest absolute Gasteiger partial charge is 0.408 e. The number of alkyl halides is 3. The molecule has 1 atom stereocenters. The molecule has 0 radical (unpaired) electrons. The second-order valence-electron chi connectivity index (χ2n) is 4.62. The van der Waals surface area contributed by atoms with Gasteiger partial charge in [0, 0.05) is 37.8 Å². The Hall–Kier alpha value is -1.34. The zero-order chi connectivity index (χ0) is 14.8. The Balaban J connectivity index is 2.40. The molecule has 1 aliphatic rings. The van der Waals surface area contributed by atoms with Crippen LogP contribution in [0.25, 0.3) is 0 Å². The van der Waals surface area contributed by atoms with E-state index in [2.05, 4.69) is 5.32 Å². The molecule has 0 saturated carbocycles. The van der Waals surface area contributed by atoms with E-state index in [9.17, 15) is 17.6 Å². The number of methoxy groups -OCH3 is 1. The maximum atomic E-state index is 13.4. The highest BCUT2D eigenvalue weighted by Crippen LogP contribution is 2.41. The molecular weight excluding hydrogens is 276 g/mol. The Bertz CT molecular complexity index is 458. The van der Waals surface area contributed by atoms with Crippen molar-refractivity contribution < 1.29 is 22.3 Å². The first-order valence-corrected chi connectivity index (χ1v) is 6.28. The molecule has 1 N–H and O–H groups in total. The SMILES string of the molecule is COc1cc(F)ccc1[C@H](N1CCNCC1)C(F)(F)F. The van der Waals surface area contributed by atoms with Crippen LogP contribution in [-0.2, 0) is 0 Å². The first kappa shape index (κ1) is 15.1. The van der Waals surface area contributed by atoms with Gasteiger partial charge in [-0.25, -0.2) is 4.39 Å². The topological polar surface area (TPSA) is 24.5 Å². The normalized spacial score (nSPS) is 18.9. The fourth-order valence-corrected chi connectivity index (χ4v) is 2.43. The summed E-state index contributed by atoms with van der Waals surface area (Å²) in [6.07, 6.45) is -4.44. The maximum absolute atomic E-state index is 13.4. The van der Waals surface area contributed by atoms with E-state index in [1.807, 2.05) is 0 Å². The number of nitrogens with zero attached hydrogens (tertiary/aromatic N) is 1. The molecule has 1 aromatic carbocycles. The molecule has 0 aliphatic carbocycles. The quantitative estimate of drug-likeness (QED) is 0.866. The van der Waals surface area contributed by atoms with Crippen molar-refractivity contribution in [2.75, 3.05) is 33.3 Å². The van der Waals surface area contributed by atoms with Gasteiger partial charge in [0.25, 0.3) is 0 Å². The van der Waals surface area contributed by atoms with Gasteiger partial charge in [0.15, 0.2) is 0 Å². The Morgan fingerprint density at radius 1 is 1.25 bits per heavy atom. The monoisotopic (exact) mass is 292 g/mol. The lowest BCUT2D eigenvalue weighted by Gasteiger charge is -2.36. The standard InChI is InChI=1S/C13H16F4N2O/c1-20-11-8-9(14)2-3-10(11)12(13(15,16)17)19-6-4-18-5-7-19/h2-3,8,12,18H,4-7H2,1H3/t12-/m0/s1. The predicted molar refractivity (Wildman–Crippen MR) is 66.2 cm³/mol. The highest BCUT2D eigenvalue weighted by atomic mass is 19.4. The zero-order valence-electron chi connectivity index (χ0n) is 11.0. The van der Waals surface area contributed by atoms with E-state index < -0.39 is 18.0 Å². The Morgan fingerprint density at radius 3 is 2.45 bits per heavy atom. The van der Waals surface area contributed by atoms with Crippen molar-refractivity contribution in [3.05, 3.63) is 29.6 Å². The maximum Gasteiger partial charge on any atom is 0.408 e. The van der Waals surface area contributed by atoms with Crippen LogP contribution in [0.4, 0.5) is 17.6 Å². The summed E-state index contributed by atoms with van der Waals surface area (Å²) in [5.74, 6) is -0.697. The summed E-state index contributed by atoms with van der Waals surface area (Å²) in [6, 6.07) is 1.38. The number of hydrogen-bond donors (Lipinski definition) is 1. The van der Waals surface area contributed by atoms with Crippen molar-refractivity contribution in [1.82, 2.24) is 10.2 Å². The van der Waals surface area contributed by atoms with Gasteiger partial charge >= 0.3 is 6.18 Å². The summed E-state index contributed by atoms with van der Waals surface area (Å²) in [5.41, 5.74) is -0.0525. The predicted octanol–water partition coefficient (Wildman–Crippen LogP) is 2.34. The number of ether oxygens (including phenoxy) is 1. The van der Waals surface area contributed by atoms with Gasteiger partial charge in [-0.1, -0.05) is 6.07 Å². The van der Waals surface area contributed by atoms with Gasteiger partial charge < -0.3 is 10.1 Å². The molecule has 2 rings (SSSR count). The van der Waals surface area contributed by atoms with Crippen LogP contribution in [-0.4, -0.2) is 44.4 Å². The van der Waals surface area contributed by atoms with E-state index in [4.69, 9.17) is 4.74 Å². The molecule has 1 fully saturated rings. The largest absolute Gasteiger partial charge is 0.496 e. The second kappa shape index (κ2) is 5.97. The number of nitrogens with one attached hydrogen (secondary N) is 1. The number of piperazine rings is 1. The van der Waals surface area contributed by atoms with Crippen LogP contribution in [0.3, 0.4) is 0 Å². The average molecular weight is 292 g/mol. The van der Waals surface area contributed by atoms with E-state index in [0.29, 0.717) is 13.1 Å². The van der Waals surface area contributed by atoms with E-state index in [1.54, 1.807) is 0 Å². The molecule has 0 aromatic heterocycles. The molecule has 7 heteroatoms. The summed E-state index contributed by atoms with van der Waals surface area (Å²) in [4.78, 5) is 1.34. The first-order valence-electron chi connectivity index (χ1n) is 6.28. The van der Waals surface area contributed by atoms with E-state index in [1.165, 1.54) is 12.0 Å². The molecule has 1 saturated heterocycles. The number of benzene rings is 1. The van der Waals surface area contributed by atoms with Crippen LogP contribution in [0, 0.1) is 5.82 Å². The summed E-state index contributed by atoms with van der Waals surface area (Å²) >= 11 is 0. The van der Waals surface area contributed by atoms with E-state index in [0.717, 1.165) is 18.2 Å². The zero-order valence-corrected chi connectivity index (χ0v) is 11.0. The third-order valence-electron chi connectivity index (χ3n) is 3.32. The fraction of sp³-hybridized carbons (Fsp3) is 0.538. The van der Waals surface area contributed by atoms with Crippen molar-refractivity contribution in [2.24, 2.45) is 0 Å². The summed E-state index contributed by atoms with van der Waals surface area (Å²) in [7, 11) is 1.24. The minimum absolute atomic E-state index is 0.0525. The van der Waals surface area contributed by atoms with Gasteiger partial charge in [-0.2, -0.15) is 13.2 Å². The third-order valence-corrected chi connectivity index (χ3v) is 3.32. The van der Waals surface area contributed by atoms with Crippen molar-refractivity contribution in [3.63, 3.8) is 0 Å². The Labute approximate surface area is 114 Å². The van der Waals surface area contributed by atoms with Gasteiger partial charge in [-0.15, -0.1) is 0 Å². The summed E-state index contributed by atoms with van der Waals surface area (Å²) in [5, 5.41) is 3.01. The van der Waals surface area contributed by atoms with Gasteiger partial charge in [0.2, 0.25) is 0 Å². The minimum atomic E-state index is -4.44. The van der Waals surface area contributed by atoms with Crippen LogP contribution in [0.2, 0.25) is 0 Å². The Kier molecular flexibility index (Phi) is 4.49. The second-order valence-corrected chi connectivity index (χ2v) is 4.62. The highest BCUT2D eigenvalue weighted by molar-refractivity contribution is 5.37. The first-order chi connectivity index (χ1) is 9.43. The number of rotatable bonds is 3. The molecule has 0 spiro atoms. The van der Waals surface area contributed by atoms with Crippen molar-refractivity contribution in [1.29, 1.82) is 0 Å². The highest BCUT2D eigenvalue weighted by Gasteiger charge is 2.46. The van der Waals surface area contributed by atoms with Crippen LogP contribution in [0.1, 0.15) is 11.6 Å². The van der Waals surface area contributed by atoms with E-state index in [-0.39, 0.29) is 24.4 Å². The molecule has 0 bridgehead atoms. The van der Waals surface area contributed by atoms with Crippen molar-refractivity contribution in [3.8, 4) is 5.75 Å². The molecule has 112 valence electrons. The fourth-order valence-electron chi connectivity index (χ4n) is 2.43. The number of hydrogen-bond acceptors (Lipinski definition) is 3. The van der Waals surface area contributed by atoms with Crippen LogP contribution in [0.15, 0.2) is 18.2 Å². The van der Waals surface area contributed by atoms with Crippen molar-refractivity contribution >= 4 is 0 Å². The third kappa shape index (κ3) is 3.21. The summed E-state index contributed by atoms with van der Waals surface area (Å²) < 4.78 is 58.2. The molecule has 20 heavy (non-hydrogen) atoms. The minimum Gasteiger partial charge on any atom is -0.496 e. The van der Waals surface area contributed by atoms with Gasteiger partial charge in [-0.05, 0) is 6.07 Å². The van der Waals surface area contributed by atoms with Crippen LogP contribution >= 0.6 is 0 Å². The lowest BCUT2D eigenvalue weighted by atomic mass is 10.0. The average Bonchev–Trinajstić information content (AvgIpc) is 2.40. The molecule has 0 unspecified atom stereocenters. The molecule has 3 nitrogen and oxygen atoms in total. The van der Waals surface area contributed by atoms with Gasteiger partial charge in [0.1, 0.15) is 17.6 Å². The molecule has 1 aliphatic heterocycles. The molecule has 1 aromatic rings. The lowest BCUT2D eigenvalue weighted by Crippen LogP contribution is -2.49. The van der Waals surface area contributed by atoms with Gasteiger partial charge in [0.05, 0.1) is 7.11 Å².